The zero-order valence-electron chi connectivity index (χ0n) is 15.4. The van der Waals surface area contributed by atoms with Crippen LogP contribution in [0.1, 0.15) is 10.7 Å². The Kier molecular flexibility index (Phi) is 4.65. The number of thiazole rings is 1. The fourth-order valence-corrected chi connectivity index (χ4v) is 4.25. The van der Waals surface area contributed by atoms with Gasteiger partial charge in [0.1, 0.15) is 6.54 Å². The summed E-state index contributed by atoms with van der Waals surface area (Å²) >= 11 is 1.46. The Balaban J connectivity index is 1.47. The lowest BCUT2D eigenvalue weighted by molar-refractivity contribution is -0.132. The number of hydrogen-bond acceptors (Lipinski definition) is 6. The van der Waals surface area contributed by atoms with E-state index in [1.54, 1.807) is 4.90 Å². The van der Waals surface area contributed by atoms with Crippen molar-refractivity contribution in [2.45, 2.75) is 20.4 Å². The van der Waals surface area contributed by atoms with Gasteiger partial charge in [-0.2, -0.15) is 5.10 Å². The van der Waals surface area contributed by atoms with Gasteiger partial charge in [-0.1, -0.05) is 18.2 Å². The van der Waals surface area contributed by atoms with Crippen molar-refractivity contribution in [1.29, 1.82) is 0 Å². The Morgan fingerprint density at radius 1 is 1.11 bits per heavy atom. The van der Waals surface area contributed by atoms with Crippen molar-refractivity contribution in [2.75, 3.05) is 31.1 Å². The molecule has 1 aliphatic rings. The van der Waals surface area contributed by atoms with Crippen LogP contribution in [0.3, 0.4) is 0 Å². The predicted molar refractivity (Wildman–Crippen MR) is 106 cm³/mol. The van der Waals surface area contributed by atoms with Gasteiger partial charge in [0.15, 0.2) is 5.52 Å². The van der Waals surface area contributed by atoms with Gasteiger partial charge in [0.2, 0.25) is 5.91 Å². The number of rotatable bonds is 3. The molecule has 1 aromatic carbocycles. The second-order valence-electron chi connectivity index (χ2n) is 6.66. The highest BCUT2D eigenvalue weighted by atomic mass is 32.1. The molecule has 4 rings (SSSR count). The number of para-hydroxylation sites is 1. The molecule has 0 radical (unpaired) electrons. The van der Waals surface area contributed by atoms with Crippen molar-refractivity contribution in [3.63, 3.8) is 0 Å². The van der Waals surface area contributed by atoms with Gasteiger partial charge in [0, 0.05) is 31.9 Å². The maximum Gasteiger partial charge on any atom is 0.294 e. The standard InChI is InChI=1S/C19H21N5O2S/c1-13-18-17(20-14(2)27-18)19(26)24(21-13)12-16(25)23-10-8-22(9-11-23)15-6-4-3-5-7-15/h3-7H,8-12H2,1-2H3. The van der Waals surface area contributed by atoms with E-state index in [0.717, 1.165) is 28.5 Å². The van der Waals surface area contributed by atoms with Crippen LogP contribution >= 0.6 is 11.3 Å². The highest BCUT2D eigenvalue weighted by Crippen LogP contribution is 2.21. The quantitative estimate of drug-likeness (QED) is 0.690. The molecule has 3 aromatic rings. The van der Waals surface area contributed by atoms with Crippen LogP contribution in [0, 0.1) is 13.8 Å². The molecular weight excluding hydrogens is 362 g/mol. The fourth-order valence-electron chi connectivity index (χ4n) is 3.40. The summed E-state index contributed by atoms with van der Waals surface area (Å²) in [5.41, 5.74) is 2.02. The minimum absolute atomic E-state index is 0.0441. The minimum Gasteiger partial charge on any atom is -0.368 e. The maximum atomic E-state index is 12.7. The summed E-state index contributed by atoms with van der Waals surface area (Å²) in [6, 6.07) is 10.2. The largest absolute Gasteiger partial charge is 0.368 e. The van der Waals surface area contributed by atoms with Gasteiger partial charge in [-0.3, -0.25) is 9.59 Å². The SMILES string of the molecule is Cc1nc2c(=O)n(CC(=O)N3CCN(c4ccccc4)CC3)nc(C)c2s1. The molecule has 1 aliphatic heterocycles. The molecule has 1 saturated heterocycles. The molecule has 0 bridgehead atoms. The van der Waals surface area contributed by atoms with E-state index in [1.165, 1.54) is 21.7 Å². The second-order valence-corrected chi connectivity index (χ2v) is 7.87. The Morgan fingerprint density at radius 3 is 2.52 bits per heavy atom. The van der Waals surface area contributed by atoms with E-state index in [4.69, 9.17) is 0 Å². The Labute approximate surface area is 160 Å². The summed E-state index contributed by atoms with van der Waals surface area (Å²) in [6.45, 7) is 6.50. The second kappa shape index (κ2) is 7.11. The molecule has 7 nitrogen and oxygen atoms in total. The molecule has 0 aliphatic carbocycles. The third-order valence-corrected chi connectivity index (χ3v) is 5.89. The van der Waals surface area contributed by atoms with Crippen LogP contribution in [0.5, 0.6) is 0 Å². The van der Waals surface area contributed by atoms with Gasteiger partial charge in [-0.05, 0) is 26.0 Å². The first-order valence-electron chi connectivity index (χ1n) is 8.95. The average Bonchev–Trinajstić information content (AvgIpc) is 3.09. The lowest BCUT2D eigenvalue weighted by Crippen LogP contribution is -2.50. The summed E-state index contributed by atoms with van der Waals surface area (Å²) < 4.78 is 2.06. The monoisotopic (exact) mass is 383 g/mol. The normalized spacial score (nSPS) is 14.7. The summed E-state index contributed by atoms with van der Waals surface area (Å²) in [7, 11) is 0. The fraction of sp³-hybridized carbons (Fsp3) is 0.368. The molecule has 0 spiro atoms. The van der Waals surface area contributed by atoms with E-state index in [2.05, 4.69) is 27.1 Å². The Hall–Kier alpha value is -2.74. The number of benzene rings is 1. The molecule has 0 atom stereocenters. The van der Waals surface area contributed by atoms with Crippen LogP contribution in [0.4, 0.5) is 5.69 Å². The van der Waals surface area contributed by atoms with E-state index in [0.29, 0.717) is 18.6 Å². The number of carbonyl (C=O) groups is 1. The van der Waals surface area contributed by atoms with E-state index >= 15 is 0 Å². The maximum absolute atomic E-state index is 12.7. The lowest BCUT2D eigenvalue weighted by atomic mass is 10.2. The molecule has 1 fully saturated rings. The number of aromatic nitrogens is 3. The topological polar surface area (TPSA) is 71.3 Å². The number of carbonyl (C=O) groups excluding carboxylic acids is 1. The van der Waals surface area contributed by atoms with Crippen LogP contribution in [0.25, 0.3) is 10.2 Å². The molecule has 0 unspecified atom stereocenters. The zero-order valence-corrected chi connectivity index (χ0v) is 16.2. The van der Waals surface area contributed by atoms with E-state index in [1.807, 2.05) is 32.0 Å². The Bertz CT molecular complexity index is 1040. The molecule has 140 valence electrons. The van der Waals surface area contributed by atoms with Gasteiger partial charge in [0.05, 0.1) is 15.4 Å². The molecule has 0 N–H and O–H groups in total. The number of hydrogen-bond donors (Lipinski definition) is 0. The summed E-state index contributed by atoms with van der Waals surface area (Å²) in [4.78, 5) is 33.7. The predicted octanol–water partition coefficient (Wildman–Crippen LogP) is 1.82. The van der Waals surface area contributed by atoms with Crippen LogP contribution in [-0.2, 0) is 11.3 Å². The third-order valence-electron chi connectivity index (χ3n) is 4.81. The lowest BCUT2D eigenvalue weighted by Gasteiger charge is -2.36. The van der Waals surface area contributed by atoms with Crippen molar-refractivity contribution in [3.05, 3.63) is 51.4 Å². The van der Waals surface area contributed by atoms with Gasteiger partial charge < -0.3 is 9.80 Å². The number of nitrogens with zero attached hydrogens (tertiary/aromatic N) is 5. The summed E-state index contributed by atoms with van der Waals surface area (Å²) in [6.07, 6.45) is 0. The Morgan fingerprint density at radius 2 is 1.81 bits per heavy atom. The molecule has 0 saturated carbocycles. The average molecular weight is 383 g/mol. The molecule has 2 aromatic heterocycles. The van der Waals surface area contributed by atoms with Gasteiger partial charge in [0.25, 0.3) is 5.56 Å². The molecular formula is C19H21N5O2S. The summed E-state index contributed by atoms with van der Waals surface area (Å²) in [5.74, 6) is -0.0805. The number of anilines is 1. The van der Waals surface area contributed by atoms with Crippen molar-refractivity contribution in [3.8, 4) is 0 Å². The molecule has 1 amide bonds. The van der Waals surface area contributed by atoms with Crippen LogP contribution in [-0.4, -0.2) is 51.8 Å². The van der Waals surface area contributed by atoms with E-state index < -0.39 is 0 Å². The van der Waals surface area contributed by atoms with E-state index in [-0.39, 0.29) is 18.0 Å². The third kappa shape index (κ3) is 3.44. The highest BCUT2D eigenvalue weighted by Gasteiger charge is 2.23. The first-order valence-corrected chi connectivity index (χ1v) is 9.77. The van der Waals surface area contributed by atoms with Crippen LogP contribution in [0.15, 0.2) is 35.1 Å². The smallest absolute Gasteiger partial charge is 0.294 e. The van der Waals surface area contributed by atoms with Gasteiger partial charge >= 0.3 is 0 Å². The highest BCUT2D eigenvalue weighted by molar-refractivity contribution is 7.18. The van der Waals surface area contributed by atoms with Crippen LogP contribution < -0.4 is 10.5 Å². The minimum atomic E-state index is -0.295. The van der Waals surface area contributed by atoms with E-state index in [9.17, 15) is 9.59 Å². The first-order chi connectivity index (χ1) is 13.0. The van der Waals surface area contributed by atoms with Gasteiger partial charge in [-0.25, -0.2) is 9.67 Å². The number of piperazine rings is 1. The number of amides is 1. The zero-order chi connectivity index (χ0) is 19.0. The van der Waals surface area contributed by atoms with Crippen molar-refractivity contribution in [2.24, 2.45) is 0 Å². The molecule has 27 heavy (non-hydrogen) atoms. The van der Waals surface area contributed by atoms with Gasteiger partial charge in [-0.15, -0.1) is 11.3 Å². The van der Waals surface area contributed by atoms with Crippen molar-refractivity contribution in [1.82, 2.24) is 19.7 Å². The molecule has 3 heterocycles. The summed E-state index contributed by atoms with van der Waals surface area (Å²) in [5, 5.41) is 5.16. The molecule has 8 heteroatoms. The van der Waals surface area contributed by atoms with Crippen molar-refractivity contribution >= 4 is 33.1 Å². The van der Waals surface area contributed by atoms with Crippen LogP contribution in [0.2, 0.25) is 0 Å². The number of aryl methyl sites for hydroxylation is 2. The van der Waals surface area contributed by atoms with Crippen molar-refractivity contribution < 1.29 is 4.79 Å². The first kappa shape index (κ1) is 17.7. The number of fused-ring (bicyclic) bond motifs is 1.